The largest absolute Gasteiger partial charge is 0.308 e. The molecule has 1 aromatic carbocycles. The number of fused-ring (bicyclic) bond motifs is 1. The van der Waals surface area contributed by atoms with Gasteiger partial charge in [0, 0.05) is 40.8 Å². The Bertz CT molecular complexity index is 864. The Morgan fingerprint density at radius 2 is 2.00 bits per heavy atom. The molecule has 1 aliphatic rings. The van der Waals surface area contributed by atoms with E-state index >= 15 is 0 Å². The van der Waals surface area contributed by atoms with E-state index in [4.69, 9.17) is 11.8 Å². The fourth-order valence-electron chi connectivity index (χ4n) is 3.19. The molecule has 0 amide bonds. The standard InChI is InChI=1S/C16H19FN2.C4H5ClN2S/c17-13-7-9-16-12(10-13)6-8-15(19-16)11-18-14-4-2-1-3-5-14;1-3-2-6-4(7-5)8-3/h6-10,14,18H,1-5,11H2;2H,1H3,(H,6,7). The van der Waals surface area contributed by atoms with Gasteiger partial charge in [-0.15, -0.1) is 11.3 Å². The minimum absolute atomic E-state index is 0.206. The summed E-state index contributed by atoms with van der Waals surface area (Å²) in [5.41, 5.74) is 1.90. The van der Waals surface area contributed by atoms with E-state index in [1.165, 1.54) is 55.6 Å². The van der Waals surface area contributed by atoms with Gasteiger partial charge >= 0.3 is 0 Å². The molecular formula is C20H24ClFN4S. The highest BCUT2D eigenvalue weighted by atomic mass is 35.5. The zero-order chi connectivity index (χ0) is 19.1. The average Bonchev–Trinajstić information content (AvgIpc) is 3.13. The smallest absolute Gasteiger partial charge is 0.197 e. The van der Waals surface area contributed by atoms with Gasteiger partial charge in [-0.25, -0.2) is 9.37 Å². The van der Waals surface area contributed by atoms with E-state index in [-0.39, 0.29) is 5.82 Å². The maximum absolute atomic E-state index is 13.1. The van der Waals surface area contributed by atoms with Gasteiger partial charge in [-0.05, 0) is 44.0 Å². The Labute approximate surface area is 168 Å². The van der Waals surface area contributed by atoms with Crippen LogP contribution in [0.5, 0.6) is 0 Å². The molecule has 1 aliphatic carbocycles. The first-order chi connectivity index (χ1) is 13.1. The second kappa shape index (κ2) is 9.97. The van der Waals surface area contributed by atoms with E-state index < -0.39 is 0 Å². The molecule has 0 aliphatic heterocycles. The number of nitrogens with zero attached hydrogens (tertiary/aromatic N) is 2. The highest BCUT2D eigenvalue weighted by Crippen LogP contribution is 2.19. The van der Waals surface area contributed by atoms with E-state index in [1.54, 1.807) is 12.3 Å². The first-order valence-electron chi connectivity index (χ1n) is 9.21. The predicted molar refractivity (Wildman–Crippen MR) is 112 cm³/mol. The highest BCUT2D eigenvalue weighted by molar-refractivity contribution is 7.15. The maximum atomic E-state index is 13.1. The van der Waals surface area contributed by atoms with Crippen molar-refractivity contribution >= 4 is 39.1 Å². The molecule has 0 radical (unpaired) electrons. The van der Waals surface area contributed by atoms with Crippen LogP contribution in [-0.4, -0.2) is 16.0 Å². The molecule has 4 rings (SSSR count). The molecule has 1 fully saturated rings. The highest BCUT2D eigenvalue weighted by Gasteiger charge is 2.12. The summed E-state index contributed by atoms with van der Waals surface area (Å²) in [6.45, 7) is 2.79. The number of aromatic nitrogens is 2. The monoisotopic (exact) mass is 406 g/mol. The maximum Gasteiger partial charge on any atom is 0.197 e. The van der Waals surface area contributed by atoms with Crippen LogP contribution in [0.2, 0.25) is 0 Å². The molecular weight excluding hydrogens is 383 g/mol. The van der Waals surface area contributed by atoms with Crippen LogP contribution in [0.4, 0.5) is 9.52 Å². The minimum atomic E-state index is -0.206. The Balaban J connectivity index is 0.000000221. The van der Waals surface area contributed by atoms with E-state index in [1.807, 2.05) is 19.1 Å². The van der Waals surface area contributed by atoms with Crippen LogP contribution in [0.15, 0.2) is 36.5 Å². The number of thiazole rings is 1. The van der Waals surface area contributed by atoms with Crippen LogP contribution in [-0.2, 0) is 6.54 Å². The van der Waals surface area contributed by atoms with Crippen molar-refractivity contribution < 1.29 is 4.39 Å². The van der Waals surface area contributed by atoms with Crippen LogP contribution in [0.25, 0.3) is 10.9 Å². The first kappa shape index (κ1) is 20.0. The number of rotatable bonds is 4. The van der Waals surface area contributed by atoms with Crippen molar-refractivity contribution in [3.05, 3.63) is 52.9 Å². The molecule has 3 aromatic rings. The third-order valence-electron chi connectivity index (χ3n) is 4.59. The van der Waals surface area contributed by atoms with Crippen LogP contribution >= 0.6 is 23.1 Å². The fourth-order valence-corrected chi connectivity index (χ4v) is 3.91. The van der Waals surface area contributed by atoms with E-state index in [0.717, 1.165) is 33.2 Å². The summed E-state index contributed by atoms with van der Waals surface area (Å²) >= 11 is 6.77. The average molecular weight is 407 g/mol. The molecule has 0 unspecified atom stereocenters. The van der Waals surface area contributed by atoms with Gasteiger partial charge in [0.1, 0.15) is 5.82 Å². The number of anilines is 1. The van der Waals surface area contributed by atoms with Gasteiger partial charge in [0.15, 0.2) is 5.13 Å². The van der Waals surface area contributed by atoms with Gasteiger partial charge in [-0.2, -0.15) is 0 Å². The van der Waals surface area contributed by atoms with Crippen LogP contribution in [0, 0.1) is 12.7 Å². The summed E-state index contributed by atoms with van der Waals surface area (Å²) < 4.78 is 13.1. The second-order valence-corrected chi connectivity index (χ2v) is 8.15. The quantitative estimate of drug-likeness (QED) is 0.536. The Morgan fingerprint density at radius 3 is 2.67 bits per heavy atom. The topological polar surface area (TPSA) is 49.8 Å². The SMILES string of the molecule is Cc1cnc(NCl)s1.Fc1ccc2nc(CNC3CCCCC3)ccc2c1. The number of pyridine rings is 1. The van der Waals surface area contributed by atoms with Gasteiger partial charge in [0.2, 0.25) is 0 Å². The van der Waals surface area contributed by atoms with Crippen molar-refractivity contribution in [3.8, 4) is 0 Å². The molecule has 4 nitrogen and oxygen atoms in total. The zero-order valence-electron chi connectivity index (χ0n) is 15.3. The van der Waals surface area contributed by atoms with Crippen molar-refractivity contribution in [2.24, 2.45) is 0 Å². The lowest BCUT2D eigenvalue weighted by Crippen LogP contribution is -2.30. The summed E-state index contributed by atoms with van der Waals surface area (Å²) in [6.07, 6.45) is 8.37. The van der Waals surface area contributed by atoms with Gasteiger partial charge in [-0.1, -0.05) is 25.3 Å². The molecule has 2 N–H and O–H groups in total. The summed E-state index contributed by atoms with van der Waals surface area (Å²) in [6, 6.07) is 9.31. The van der Waals surface area contributed by atoms with Gasteiger partial charge in [0.25, 0.3) is 0 Å². The molecule has 2 heterocycles. The first-order valence-corrected chi connectivity index (χ1v) is 10.4. The molecule has 7 heteroatoms. The van der Waals surface area contributed by atoms with Crippen LogP contribution in [0.3, 0.4) is 0 Å². The number of benzene rings is 1. The number of halogens is 2. The van der Waals surface area contributed by atoms with E-state index in [2.05, 4.69) is 20.1 Å². The Morgan fingerprint density at radius 1 is 1.19 bits per heavy atom. The molecule has 2 aromatic heterocycles. The van der Waals surface area contributed by atoms with Crippen molar-refractivity contribution in [2.45, 2.75) is 51.6 Å². The molecule has 0 saturated heterocycles. The second-order valence-electron chi connectivity index (χ2n) is 6.73. The molecule has 27 heavy (non-hydrogen) atoms. The lowest BCUT2D eigenvalue weighted by Gasteiger charge is -2.22. The number of hydrogen-bond donors (Lipinski definition) is 2. The normalized spacial score (nSPS) is 14.6. The van der Waals surface area contributed by atoms with Crippen molar-refractivity contribution in [1.29, 1.82) is 0 Å². The number of aryl methyl sites for hydroxylation is 1. The predicted octanol–water partition coefficient (Wildman–Crippen LogP) is 5.81. The number of hydrogen-bond acceptors (Lipinski definition) is 5. The molecule has 144 valence electrons. The van der Waals surface area contributed by atoms with Crippen LogP contribution in [0.1, 0.15) is 42.7 Å². The lowest BCUT2D eigenvalue weighted by molar-refractivity contribution is 0.371. The van der Waals surface area contributed by atoms with Crippen LogP contribution < -0.4 is 10.2 Å². The molecule has 1 saturated carbocycles. The minimum Gasteiger partial charge on any atom is -0.308 e. The summed E-state index contributed by atoms with van der Waals surface area (Å²) in [7, 11) is 0. The summed E-state index contributed by atoms with van der Waals surface area (Å²) in [5, 5.41) is 5.19. The third kappa shape index (κ3) is 6.13. The Kier molecular flexibility index (Phi) is 7.38. The van der Waals surface area contributed by atoms with Gasteiger partial charge in [0.05, 0.1) is 11.2 Å². The van der Waals surface area contributed by atoms with Crippen molar-refractivity contribution in [1.82, 2.24) is 15.3 Å². The lowest BCUT2D eigenvalue weighted by atomic mass is 9.95. The third-order valence-corrected chi connectivity index (χ3v) is 5.71. The molecule has 0 atom stereocenters. The summed E-state index contributed by atoms with van der Waals surface area (Å²) in [5.74, 6) is -0.206. The van der Waals surface area contributed by atoms with Crippen molar-refractivity contribution in [2.75, 3.05) is 4.84 Å². The van der Waals surface area contributed by atoms with Gasteiger partial charge in [-0.3, -0.25) is 9.82 Å². The zero-order valence-corrected chi connectivity index (χ0v) is 16.9. The van der Waals surface area contributed by atoms with Crippen molar-refractivity contribution in [3.63, 3.8) is 0 Å². The molecule has 0 spiro atoms. The fraction of sp³-hybridized carbons (Fsp3) is 0.400. The van der Waals surface area contributed by atoms with Gasteiger partial charge < -0.3 is 5.32 Å². The van der Waals surface area contributed by atoms with E-state index in [9.17, 15) is 4.39 Å². The summed E-state index contributed by atoms with van der Waals surface area (Å²) in [4.78, 5) is 12.1. The molecule has 0 bridgehead atoms. The van der Waals surface area contributed by atoms with E-state index in [0.29, 0.717) is 6.04 Å². The number of nitrogens with one attached hydrogen (secondary N) is 2. The Hall–Kier alpha value is -1.76.